The van der Waals surface area contributed by atoms with Crippen LogP contribution in [0.4, 0.5) is 0 Å². The van der Waals surface area contributed by atoms with Crippen LogP contribution in [0.25, 0.3) is 56.2 Å². The van der Waals surface area contributed by atoms with Crippen molar-refractivity contribution in [2.45, 2.75) is 51.4 Å². The summed E-state index contributed by atoms with van der Waals surface area (Å²) in [7, 11) is 0. The second-order valence-electron chi connectivity index (χ2n) is 15.0. The SMILES string of the molecule is C[C@@H]1CC2C[C@H](C)CC(c3ccc(-c4ccc(-c5ccc(-c6nc(-c7ccc(C#N)cc7)cc(-c7ccc(C#N)cc7)n6)cc5)cc4)cc3)(C2)C1. The maximum atomic E-state index is 9.29. The van der Waals surface area contributed by atoms with Crippen molar-refractivity contribution in [3.63, 3.8) is 0 Å². The minimum Gasteiger partial charge on any atom is -0.228 e. The smallest absolute Gasteiger partial charge is 0.160 e. The molecule has 2 fully saturated rings. The number of fused-ring (bicyclic) bond motifs is 2. The molecule has 0 spiro atoms. The molecule has 4 atom stereocenters. The lowest BCUT2D eigenvalue weighted by Gasteiger charge is -2.50. The molecule has 6 aromatic rings. The first-order chi connectivity index (χ1) is 24.9. The van der Waals surface area contributed by atoms with Gasteiger partial charge in [0.1, 0.15) is 0 Å². The van der Waals surface area contributed by atoms with Gasteiger partial charge >= 0.3 is 0 Å². The van der Waals surface area contributed by atoms with Crippen molar-refractivity contribution in [2.75, 3.05) is 0 Å². The Bertz CT molecular complexity index is 2160. The van der Waals surface area contributed by atoms with Crippen molar-refractivity contribution < 1.29 is 0 Å². The van der Waals surface area contributed by atoms with E-state index >= 15 is 0 Å². The third kappa shape index (κ3) is 6.59. The van der Waals surface area contributed by atoms with Crippen LogP contribution in [0, 0.1) is 40.4 Å². The summed E-state index contributed by atoms with van der Waals surface area (Å²) in [4.78, 5) is 9.90. The highest BCUT2D eigenvalue weighted by atomic mass is 14.9. The molecule has 1 aromatic heterocycles. The van der Waals surface area contributed by atoms with E-state index in [1.54, 1.807) is 29.8 Å². The zero-order valence-electron chi connectivity index (χ0n) is 29.2. The Balaban J connectivity index is 1.04. The standard InChI is InChI=1S/C47H40N4/c1-31-23-35-24-32(2)27-47(26-31,28-35)43-21-19-39(20-22-43)37-13-11-36(12-14-37)38-15-17-42(18-16-38)46-50-44(40-7-3-33(29-48)4-8-40)25-45(51-46)41-9-5-34(30-49)6-10-41/h3-22,25,31-32,35H,23-24,26-28H2,1-2H3/t31-,32+,35?,47?. The molecule has 1 heterocycles. The molecule has 0 aliphatic heterocycles. The van der Waals surface area contributed by atoms with Crippen molar-refractivity contribution in [1.29, 1.82) is 10.5 Å². The molecule has 51 heavy (non-hydrogen) atoms. The normalized spacial score (nSPS) is 21.0. The topological polar surface area (TPSA) is 73.4 Å². The van der Waals surface area contributed by atoms with Crippen LogP contribution in [0.1, 0.15) is 62.6 Å². The fraction of sp³-hybridized carbons (Fsp3) is 0.234. The second-order valence-corrected chi connectivity index (χ2v) is 15.0. The minimum atomic E-state index is 0.357. The van der Waals surface area contributed by atoms with Gasteiger partial charge in [-0.25, -0.2) is 9.97 Å². The average Bonchev–Trinajstić information content (AvgIpc) is 3.17. The molecule has 0 radical (unpaired) electrons. The first-order valence-corrected chi connectivity index (χ1v) is 18.1. The lowest BCUT2D eigenvalue weighted by molar-refractivity contribution is 0.0780. The number of benzene rings is 5. The van der Waals surface area contributed by atoms with Crippen LogP contribution < -0.4 is 0 Å². The van der Waals surface area contributed by atoms with E-state index in [4.69, 9.17) is 9.97 Å². The summed E-state index contributed by atoms with van der Waals surface area (Å²) in [6, 6.07) is 48.0. The van der Waals surface area contributed by atoms with Crippen molar-refractivity contribution in [1.82, 2.24) is 9.97 Å². The number of aromatic nitrogens is 2. The summed E-state index contributed by atoms with van der Waals surface area (Å²) >= 11 is 0. The van der Waals surface area contributed by atoms with Gasteiger partial charge in [0.15, 0.2) is 5.82 Å². The molecule has 8 rings (SSSR count). The zero-order valence-corrected chi connectivity index (χ0v) is 29.2. The summed E-state index contributed by atoms with van der Waals surface area (Å²) in [5.74, 6) is 3.13. The van der Waals surface area contributed by atoms with E-state index in [2.05, 4.69) is 98.8 Å². The lowest BCUT2D eigenvalue weighted by Crippen LogP contribution is -2.42. The molecule has 4 nitrogen and oxygen atoms in total. The largest absolute Gasteiger partial charge is 0.228 e. The van der Waals surface area contributed by atoms with E-state index < -0.39 is 0 Å². The molecule has 0 N–H and O–H groups in total. The molecular formula is C47H40N4. The molecule has 2 unspecified atom stereocenters. The van der Waals surface area contributed by atoms with E-state index in [9.17, 15) is 10.5 Å². The number of rotatable bonds is 6. The van der Waals surface area contributed by atoms with Gasteiger partial charge in [-0.15, -0.1) is 0 Å². The number of nitrogens with zero attached hydrogens (tertiary/aromatic N) is 4. The van der Waals surface area contributed by atoms with E-state index in [0.717, 1.165) is 57.0 Å². The van der Waals surface area contributed by atoms with Gasteiger partial charge in [0.2, 0.25) is 0 Å². The van der Waals surface area contributed by atoms with Gasteiger partial charge in [0.25, 0.3) is 0 Å². The highest BCUT2D eigenvalue weighted by Crippen LogP contribution is 2.54. The number of nitriles is 2. The second kappa shape index (κ2) is 13.5. The highest BCUT2D eigenvalue weighted by molar-refractivity contribution is 5.75. The Labute approximate surface area is 301 Å². The maximum absolute atomic E-state index is 9.29. The summed E-state index contributed by atoms with van der Waals surface area (Å²) in [5, 5.41) is 18.6. The Morgan fingerprint density at radius 2 is 0.863 bits per heavy atom. The molecular weight excluding hydrogens is 621 g/mol. The summed E-state index contributed by atoms with van der Waals surface area (Å²) in [5.41, 5.74) is 12.1. The summed E-state index contributed by atoms with van der Waals surface area (Å²) in [6.07, 6.45) is 6.82. The van der Waals surface area contributed by atoms with Gasteiger partial charge < -0.3 is 0 Å². The molecule has 2 aliphatic carbocycles. The van der Waals surface area contributed by atoms with Crippen LogP contribution in [0.2, 0.25) is 0 Å². The molecule has 4 heteroatoms. The third-order valence-corrected chi connectivity index (χ3v) is 11.2. The molecule has 2 saturated carbocycles. The fourth-order valence-corrected chi connectivity index (χ4v) is 9.04. The van der Waals surface area contributed by atoms with Gasteiger partial charge in [-0.2, -0.15) is 10.5 Å². The first-order valence-electron chi connectivity index (χ1n) is 18.1. The predicted molar refractivity (Wildman–Crippen MR) is 205 cm³/mol. The monoisotopic (exact) mass is 660 g/mol. The van der Waals surface area contributed by atoms with E-state index in [0.29, 0.717) is 22.4 Å². The maximum Gasteiger partial charge on any atom is 0.160 e. The van der Waals surface area contributed by atoms with E-state index in [1.165, 1.54) is 43.2 Å². The lowest BCUT2D eigenvalue weighted by atomic mass is 9.54. The molecule has 2 aliphatic rings. The number of hydrogen-bond acceptors (Lipinski definition) is 4. The van der Waals surface area contributed by atoms with Crippen molar-refractivity contribution >= 4 is 0 Å². The average molecular weight is 661 g/mol. The summed E-state index contributed by atoms with van der Waals surface area (Å²) in [6.45, 7) is 4.92. The van der Waals surface area contributed by atoms with Crippen molar-refractivity contribution in [3.05, 3.63) is 144 Å². The Kier molecular flexibility index (Phi) is 8.55. The Morgan fingerprint density at radius 3 is 1.27 bits per heavy atom. The molecule has 2 bridgehead atoms. The fourth-order valence-electron chi connectivity index (χ4n) is 9.04. The zero-order chi connectivity index (χ0) is 35.0. The van der Waals surface area contributed by atoms with Gasteiger partial charge in [-0.1, -0.05) is 111 Å². The van der Waals surface area contributed by atoms with Crippen molar-refractivity contribution in [2.24, 2.45) is 17.8 Å². The number of hydrogen-bond donors (Lipinski definition) is 0. The van der Waals surface area contributed by atoms with Crippen LogP contribution >= 0.6 is 0 Å². The van der Waals surface area contributed by atoms with Gasteiger partial charge in [-0.3, -0.25) is 0 Å². The Morgan fingerprint density at radius 1 is 0.490 bits per heavy atom. The first kappa shape index (κ1) is 32.4. The van der Waals surface area contributed by atoms with Crippen LogP contribution in [0.15, 0.2) is 127 Å². The van der Waals surface area contributed by atoms with E-state index in [-0.39, 0.29) is 0 Å². The van der Waals surface area contributed by atoms with Crippen LogP contribution in [-0.2, 0) is 5.41 Å². The van der Waals surface area contributed by atoms with Gasteiger partial charge in [0, 0.05) is 16.7 Å². The highest BCUT2D eigenvalue weighted by Gasteiger charge is 2.45. The van der Waals surface area contributed by atoms with Crippen molar-refractivity contribution in [3.8, 4) is 68.3 Å². The van der Waals surface area contributed by atoms with Gasteiger partial charge in [0.05, 0.1) is 34.7 Å². The van der Waals surface area contributed by atoms with Gasteiger partial charge in [-0.05, 0) is 113 Å². The van der Waals surface area contributed by atoms with Crippen LogP contribution in [-0.4, -0.2) is 9.97 Å². The third-order valence-electron chi connectivity index (χ3n) is 11.2. The predicted octanol–water partition coefficient (Wildman–Crippen LogP) is 11.7. The quantitative estimate of drug-likeness (QED) is 0.178. The molecule has 0 saturated heterocycles. The van der Waals surface area contributed by atoms with E-state index in [1.807, 2.05) is 30.3 Å². The van der Waals surface area contributed by atoms with Crippen LogP contribution in [0.3, 0.4) is 0 Å². The molecule has 0 amide bonds. The molecule has 5 aromatic carbocycles. The Hall–Kier alpha value is -5.84. The molecule has 248 valence electrons. The summed E-state index contributed by atoms with van der Waals surface area (Å²) < 4.78 is 0. The van der Waals surface area contributed by atoms with Crippen LogP contribution in [0.5, 0.6) is 0 Å². The minimum absolute atomic E-state index is 0.357.